The quantitative estimate of drug-likeness (QED) is 0.590. The van der Waals surface area contributed by atoms with Crippen LogP contribution >= 0.6 is 0 Å². The third-order valence-electron chi connectivity index (χ3n) is 5.07. The normalized spacial score (nSPS) is 18.2. The number of halogens is 1. The van der Waals surface area contributed by atoms with Gasteiger partial charge in [0.25, 0.3) is 0 Å². The fraction of sp³-hybridized carbons (Fsp3) is 0.286. The molecule has 0 aliphatic heterocycles. The summed E-state index contributed by atoms with van der Waals surface area (Å²) in [6.07, 6.45) is 3.35. The molecule has 1 saturated carbocycles. The molecule has 1 fully saturated rings. The molecule has 4 rings (SSSR count). The summed E-state index contributed by atoms with van der Waals surface area (Å²) in [7, 11) is 0. The second-order valence-corrected chi connectivity index (χ2v) is 7.05. The largest absolute Gasteiger partial charge is 0.398 e. The molecule has 0 saturated heterocycles. The van der Waals surface area contributed by atoms with Gasteiger partial charge in [-0.3, -0.25) is 9.78 Å². The number of anilines is 2. The number of carbonyl (C=O) groups excluding carboxylic acids is 1. The first-order chi connectivity index (χ1) is 13.5. The van der Waals surface area contributed by atoms with E-state index in [1.807, 2.05) is 25.1 Å². The molecule has 2 atom stereocenters. The summed E-state index contributed by atoms with van der Waals surface area (Å²) in [5.41, 5.74) is 10.3. The maximum absolute atomic E-state index is 13.1. The van der Waals surface area contributed by atoms with E-state index in [4.69, 9.17) is 5.73 Å². The first-order valence-corrected chi connectivity index (χ1v) is 9.23. The zero-order valence-corrected chi connectivity index (χ0v) is 15.4. The number of aromatic nitrogens is 2. The van der Waals surface area contributed by atoms with Gasteiger partial charge in [-0.2, -0.15) is 0 Å². The van der Waals surface area contributed by atoms with Crippen LogP contribution < -0.4 is 11.1 Å². The molecular formula is C21H21FN4O2. The van der Waals surface area contributed by atoms with Gasteiger partial charge in [-0.1, -0.05) is 6.92 Å². The number of rotatable bonds is 5. The van der Waals surface area contributed by atoms with Gasteiger partial charge >= 0.3 is 0 Å². The van der Waals surface area contributed by atoms with Gasteiger partial charge in [0.15, 0.2) is 0 Å². The zero-order valence-electron chi connectivity index (χ0n) is 15.4. The number of amides is 1. The van der Waals surface area contributed by atoms with Crippen LogP contribution in [-0.2, 0) is 17.8 Å². The maximum atomic E-state index is 13.1. The number of aliphatic hydroxyl groups is 1. The smallest absolute Gasteiger partial charge is 0.231 e. The number of nitrogens with one attached hydrogen (secondary N) is 1. The highest BCUT2D eigenvalue weighted by Crippen LogP contribution is 2.35. The average molecular weight is 380 g/mol. The van der Waals surface area contributed by atoms with Crippen molar-refractivity contribution < 1.29 is 14.3 Å². The number of pyridine rings is 2. The molecule has 7 heteroatoms. The second kappa shape index (κ2) is 7.16. The van der Waals surface area contributed by atoms with Crippen LogP contribution in [0.4, 0.5) is 15.9 Å². The third-order valence-corrected chi connectivity index (χ3v) is 5.07. The number of benzene rings is 1. The monoisotopic (exact) mass is 380 g/mol. The number of fused-ring (bicyclic) bond motifs is 1. The lowest BCUT2D eigenvalue weighted by Crippen LogP contribution is -2.15. The number of carbonyl (C=O) groups is 1. The molecule has 0 radical (unpaired) electrons. The van der Waals surface area contributed by atoms with E-state index in [1.54, 1.807) is 18.5 Å². The first-order valence-electron chi connectivity index (χ1n) is 9.23. The lowest BCUT2D eigenvalue weighted by Gasteiger charge is -2.12. The predicted molar refractivity (Wildman–Crippen MR) is 106 cm³/mol. The molecule has 1 amide bonds. The predicted octanol–water partition coefficient (Wildman–Crippen LogP) is 3.23. The Bertz CT molecular complexity index is 1070. The van der Waals surface area contributed by atoms with Crippen LogP contribution in [0.25, 0.3) is 21.9 Å². The number of hydrogen-bond donors (Lipinski definition) is 3. The fourth-order valence-corrected chi connectivity index (χ4v) is 3.35. The van der Waals surface area contributed by atoms with Gasteiger partial charge in [0.05, 0.1) is 18.2 Å². The Kier molecular flexibility index (Phi) is 4.68. The highest BCUT2D eigenvalue weighted by molar-refractivity contribution is 6.00. The van der Waals surface area contributed by atoms with Gasteiger partial charge in [0.2, 0.25) is 5.91 Å². The molecule has 0 bridgehead atoms. The van der Waals surface area contributed by atoms with Gasteiger partial charge in [-0.25, -0.2) is 9.37 Å². The Morgan fingerprint density at radius 3 is 2.75 bits per heavy atom. The summed E-state index contributed by atoms with van der Waals surface area (Å²) in [6, 6.07) is 7.46. The van der Waals surface area contributed by atoms with Crippen molar-refractivity contribution in [1.29, 1.82) is 0 Å². The van der Waals surface area contributed by atoms with Crippen molar-refractivity contribution in [3.8, 4) is 11.1 Å². The number of nitrogens with zero attached hydrogens (tertiary/aromatic N) is 2. The van der Waals surface area contributed by atoms with Gasteiger partial charge in [-0.05, 0) is 53.6 Å². The number of nitrogens with two attached hydrogens (primary N) is 1. The van der Waals surface area contributed by atoms with E-state index in [9.17, 15) is 14.3 Å². The standard InChI is InChI=1S/C21H21FN4O2/c1-2-11-4-14(10-27)24-8-16(11)12-3-13-6-20(25-9-17(13)19(23)5-12)26-21(28)15-7-18(15)22/h3-6,8-9,15,18,27H,2,7,10,23H2,1H3,(H,25,26,28)/t15-,18+/m0/s1. The lowest BCUT2D eigenvalue weighted by atomic mass is 9.96. The van der Waals surface area contributed by atoms with Crippen molar-refractivity contribution in [2.45, 2.75) is 32.5 Å². The Hall–Kier alpha value is -3.06. The number of aliphatic hydroxyl groups excluding tert-OH is 1. The average Bonchev–Trinajstić information content (AvgIpc) is 3.44. The Morgan fingerprint density at radius 2 is 2.07 bits per heavy atom. The molecular weight excluding hydrogens is 359 g/mol. The van der Waals surface area contributed by atoms with Crippen LogP contribution in [0.1, 0.15) is 24.6 Å². The van der Waals surface area contributed by atoms with Crippen molar-refractivity contribution in [2.24, 2.45) is 5.92 Å². The minimum absolute atomic E-state index is 0.109. The van der Waals surface area contributed by atoms with E-state index in [1.165, 1.54) is 0 Å². The molecule has 28 heavy (non-hydrogen) atoms. The van der Waals surface area contributed by atoms with Crippen molar-refractivity contribution in [2.75, 3.05) is 11.1 Å². The van der Waals surface area contributed by atoms with E-state index in [0.717, 1.165) is 33.9 Å². The lowest BCUT2D eigenvalue weighted by molar-refractivity contribution is -0.117. The Labute approximate surface area is 161 Å². The van der Waals surface area contributed by atoms with Crippen LogP contribution in [-0.4, -0.2) is 27.2 Å². The van der Waals surface area contributed by atoms with E-state index in [2.05, 4.69) is 15.3 Å². The van der Waals surface area contributed by atoms with Gasteiger partial charge < -0.3 is 16.2 Å². The molecule has 1 aliphatic rings. The highest BCUT2D eigenvalue weighted by Gasteiger charge is 2.43. The molecule has 0 spiro atoms. The second-order valence-electron chi connectivity index (χ2n) is 7.05. The van der Waals surface area contributed by atoms with Crippen molar-refractivity contribution in [3.63, 3.8) is 0 Å². The topological polar surface area (TPSA) is 101 Å². The van der Waals surface area contributed by atoms with Crippen LogP contribution in [0.2, 0.25) is 0 Å². The summed E-state index contributed by atoms with van der Waals surface area (Å²) in [4.78, 5) is 20.5. The van der Waals surface area contributed by atoms with Crippen LogP contribution in [0.3, 0.4) is 0 Å². The van der Waals surface area contributed by atoms with E-state index in [-0.39, 0.29) is 18.9 Å². The van der Waals surface area contributed by atoms with Gasteiger partial charge in [0.1, 0.15) is 12.0 Å². The van der Waals surface area contributed by atoms with Gasteiger partial charge in [-0.15, -0.1) is 0 Å². The number of alkyl halides is 1. The number of hydrogen-bond acceptors (Lipinski definition) is 5. The van der Waals surface area contributed by atoms with E-state index in [0.29, 0.717) is 17.2 Å². The molecule has 144 valence electrons. The molecule has 3 aromatic rings. The summed E-state index contributed by atoms with van der Waals surface area (Å²) < 4.78 is 13.1. The number of aryl methyl sites for hydroxylation is 1. The van der Waals surface area contributed by atoms with Gasteiger partial charge in [0, 0.05) is 29.0 Å². The summed E-state index contributed by atoms with van der Waals surface area (Å²) >= 11 is 0. The van der Waals surface area contributed by atoms with E-state index < -0.39 is 12.1 Å². The van der Waals surface area contributed by atoms with Crippen LogP contribution in [0.5, 0.6) is 0 Å². The third kappa shape index (κ3) is 3.41. The molecule has 2 heterocycles. The van der Waals surface area contributed by atoms with Crippen LogP contribution in [0.15, 0.2) is 36.7 Å². The molecule has 2 aromatic heterocycles. The highest BCUT2D eigenvalue weighted by atomic mass is 19.1. The first kappa shape index (κ1) is 18.3. The molecule has 4 N–H and O–H groups in total. The fourth-order valence-electron chi connectivity index (χ4n) is 3.35. The minimum Gasteiger partial charge on any atom is -0.398 e. The summed E-state index contributed by atoms with van der Waals surface area (Å²) in [6.45, 7) is 1.93. The van der Waals surface area contributed by atoms with Crippen LogP contribution in [0, 0.1) is 5.92 Å². The summed E-state index contributed by atoms with van der Waals surface area (Å²) in [5, 5.41) is 13.6. The molecule has 1 aliphatic carbocycles. The SMILES string of the molecule is CCc1cc(CO)ncc1-c1cc(N)c2cnc(NC(=O)[C@H]3C[C@H]3F)cc2c1. The number of nitrogen functional groups attached to an aromatic ring is 1. The molecule has 1 aromatic carbocycles. The van der Waals surface area contributed by atoms with Crippen molar-refractivity contribution in [1.82, 2.24) is 9.97 Å². The molecule has 0 unspecified atom stereocenters. The van der Waals surface area contributed by atoms with Crippen molar-refractivity contribution >= 4 is 28.2 Å². The molecule has 6 nitrogen and oxygen atoms in total. The minimum atomic E-state index is -1.05. The summed E-state index contributed by atoms with van der Waals surface area (Å²) in [5.74, 6) is -0.546. The van der Waals surface area contributed by atoms with E-state index >= 15 is 0 Å². The Morgan fingerprint density at radius 1 is 1.29 bits per heavy atom. The maximum Gasteiger partial charge on any atom is 0.231 e. The van der Waals surface area contributed by atoms with Crippen molar-refractivity contribution in [3.05, 3.63) is 47.9 Å². The Balaban J connectivity index is 1.73. The zero-order chi connectivity index (χ0) is 19.8.